The molecule has 1 aromatic carbocycles. The molecule has 3 N–H and O–H groups in total. The highest BCUT2D eigenvalue weighted by Crippen LogP contribution is 2.14. The average molecular weight is 273 g/mol. The van der Waals surface area contributed by atoms with E-state index >= 15 is 0 Å². The highest BCUT2D eigenvalue weighted by molar-refractivity contribution is 5.98. The summed E-state index contributed by atoms with van der Waals surface area (Å²) in [5, 5.41) is 22.3. The predicted molar refractivity (Wildman–Crippen MR) is 73.9 cm³/mol. The number of carbonyl (C=O) groups is 2. The fourth-order valence-electron chi connectivity index (χ4n) is 1.61. The van der Waals surface area contributed by atoms with Crippen molar-refractivity contribution in [3.05, 3.63) is 41.1 Å². The largest absolute Gasteiger partial charge is 0.480 e. The topological polar surface area (TPSA) is 102 Å². The van der Waals surface area contributed by atoms with Gasteiger partial charge in [-0.15, -0.1) is 0 Å². The van der Waals surface area contributed by atoms with Crippen LogP contribution < -0.4 is 10.6 Å². The van der Waals surface area contributed by atoms with Gasteiger partial charge in [0.25, 0.3) is 5.91 Å². The summed E-state index contributed by atoms with van der Waals surface area (Å²) in [6.45, 7) is 3.35. The maximum atomic E-state index is 11.5. The monoisotopic (exact) mass is 273 g/mol. The molecule has 0 unspecified atom stereocenters. The minimum Gasteiger partial charge on any atom is -0.480 e. The molecule has 20 heavy (non-hydrogen) atoms. The minimum atomic E-state index is -1.17. The minimum absolute atomic E-state index is 0.189. The molecule has 0 aliphatic carbocycles. The lowest BCUT2D eigenvalue weighted by molar-refractivity contribution is -0.137. The molecule has 0 atom stereocenters. The van der Waals surface area contributed by atoms with Crippen molar-refractivity contribution in [2.45, 2.75) is 13.8 Å². The van der Waals surface area contributed by atoms with Gasteiger partial charge in [-0.1, -0.05) is 6.07 Å². The van der Waals surface area contributed by atoms with Crippen molar-refractivity contribution in [3.63, 3.8) is 0 Å². The molecule has 0 aliphatic rings. The Kier molecular flexibility index (Phi) is 5.30. The SMILES string of the molecule is Cc1cc(C)cc(N/C=C(/C#N)C(=O)NCC(=O)O)c1. The van der Waals surface area contributed by atoms with E-state index in [1.54, 1.807) is 6.07 Å². The normalized spacial score (nSPS) is 10.6. The lowest BCUT2D eigenvalue weighted by Gasteiger charge is -2.05. The molecular formula is C14H15N3O3. The highest BCUT2D eigenvalue weighted by atomic mass is 16.4. The van der Waals surface area contributed by atoms with Gasteiger partial charge < -0.3 is 15.7 Å². The first kappa shape index (κ1) is 15.2. The summed E-state index contributed by atoms with van der Waals surface area (Å²) in [6.07, 6.45) is 1.26. The molecule has 104 valence electrons. The third-order valence-electron chi connectivity index (χ3n) is 2.37. The molecule has 0 bridgehead atoms. The van der Waals surface area contributed by atoms with Gasteiger partial charge in [0.05, 0.1) is 0 Å². The smallest absolute Gasteiger partial charge is 0.322 e. The first-order valence-electron chi connectivity index (χ1n) is 5.87. The van der Waals surface area contributed by atoms with Gasteiger partial charge >= 0.3 is 5.97 Å². The Balaban J connectivity index is 2.77. The van der Waals surface area contributed by atoms with E-state index in [9.17, 15) is 9.59 Å². The lowest BCUT2D eigenvalue weighted by Crippen LogP contribution is -2.30. The quantitative estimate of drug-likeness (QED) is 0.554. The predicted octanol–water partition coefficient (Wildman–Crippen LogP) is 1.32. The highest BCUT2D eigenvalue weighted by Gasteiger charge is 2.09. The van der Waals surface area contributed by atoms with E-state index in [0.717, 1.165) is 16.8 Å². The Morgan fingerprint density at radius 1 is 1.30 bits per heavy atom. The Bertz CT molecular complexity index is 580. The van der Waals surface area contributed by atoms with Crippen LogP contribution in [0.5, 0.6) is 0 Å². The summed E-state index contributed by atoms with van der Waals surface area (Å²) >= 11 is 0. The van der Waals surface area contributed by atoms with Crippen molar-refractivity contribution in [2.75, 3.05) is 11.9 Å². The van der Waals surface area contributed by atoms with Gasteiger partial charge in [-0.05, 0) is 37.1 Å². The Morgan fingerprint density at radius 3 is 2.40 bits per heavy atom. The molecule has 1 amide bonds. The second-order valence-corrected chi connectivity index (χ2v) is 4.27. The zero-order chi connectivity index (χ0) is 15.1. The zero-order valence-corrected chi connectivity index (χ0v) is 11.2. The number of nitrogens with zero attached hydrogens (tertiary/aromatic N) is 1. The Labute approximate surface area is 116 Å². The van der Waals surface area contributed by atoms with Crippen LogP contribution in [0, 0.1) is 25.2 Å². The van der Waals surface area contributed by atoms with E-state index in [1.807, 2.05) is 32.0 Å². The van der Waals surface area contributed by atoms with E-state index in [0.29, 0.717) is 0 Å². The molecule has 0 heterocycles. The van der Waals surface area contributed by atoms with Crippen LogP contribution in [0.3, 0.4) is 0 Å². The van der Waals surface area contributed by atoms with E-state index in [-0.39, 0.29) is 5.57 Å². The Hall–Kier alpha value is -2.81. The van der Waals surface area contributed by atoms with Crippen molar-refractivity contribution < 1.29 is 14.7 Å². The maximum Gasteiger partial charge on any atom is 0.322 e. The number of hydrogen-bond donors (Lipinski definition) is 3. The molecule has 0 radical (unpaired) electrons. The van der Waals surface area contributed by atoms with Crippen LogP contribution in [0.2, 0.25) is 0 Å². The number of anilines is 1. The number of amides is 1. The molecule has 0 saturated carbocycles. The van der Waals surface area contributed by atoms with Gasteiger partial charge in [0.2, 0.25) is 0 Å². The second-order valence-electron chi connectivity index (χ2n) is 4.27. The molecule has 0 aliphatic heterocycles. The average Bonchev–Trinajstić information content (AvgIpc) is 2.35. The van der Waals surface area contributed by atoms with Crippen LogP contribution in [0.4, 0.5) is 5.69 Å². The number of rotatable bonds is 5. The van der Waals surface area contributed by atoms with Crippen molar-refractivity contribution in [1.29, 1.82) is 5.26 Å². The van der Waals surface area contributed by atoms with E-state index in [2.05, 4.69) is 10.6 Å². The first-order valence-corrected chi connectivity index (χ1v) is 5.87. The van der Waals surface area contributed by atoms with Crippen LogP contribution in [0.15, 0.2) is 30.0 Å². The molecular weight excluding hydrogens is 258 g/mol. The third kappa shape index (κ3) is 4.82. The van der Waals surface area contributed by atoms with Crippen LogP contribution in [0.25, 0.3) is 0 Å². The molecule has 6 heteroatoms. The molecule has 1 rings (SSSR count). The fourth-order valence-corrected chi connectivity index (χ4v) is 1.61. The first-order chi connectivity index (χ1) is 9.42. The van der Waals surface area contributed by atoms with Gasteiger partial charge in [-0.25, -0.2) is 0 Å². The van der Waals surface area contributed by atoms with Crippen molar-refractivity contribution in [2.24, 2.45) is 0 Å². The van der Waals surface area contributed by atoms with Gasteiger partial charge in [0.1, 0.15) is 18.2 Å². The van der Waals surface area contributed by atoms with Gasteiger partial charge in [0, 0.05) is 11.9 Å². The van der Waals surface area contributed by atoms with Crippen molar-refractivity contribution >= 4 is 17.6 Å². The number of carboxylic acid groups (broad SMARTS) is 1. The number of carboxylic acids is 1. The molecule has 0 spiro atoms. The van der Waals surface area contributed by atoms with Crippen LogP contribution in [-0.4, -0.2) is 23.5 Å². The van der Waals surface area contributed by atoms with E-state index in [4.69, 9.17) is 10.4 Å². The van der Waals surface area contributed by atoms with Gasteiger partial charge in [-0.3, -0.25) is 9.59 Å². The number of aliphatic carboxylic acids is 1. The number of carbonyl (C=O) groups excluding carboxylic acids is 1. The number of nitriles is 1. The summed E-state index contributed by atoms with van der Waals surface area (Å²) in [5.74, 6) is -1.90. The molecule has 1 aromatic rings. The molecule has 0 fully saturated rings. The third-order valence-corrected chi connectivity index (χ3v) is 2.37. The zero-order valence-electron chi connectivity index (χ0n) is 11.2. The number of nitrogens with one attached hydrogen (secondary N) is 2. The summed E-state index contributed by atoms with van der Waals surface area (Å²) in [7, 11) is 0. The lowest BCUT2D eigenvalue weighted by atomic mass is 10.1. The molecule has 0 saturated heterocycles. The van der Waals surface area contributed by atoms with Crippen LogP contribution >= 0.6 is 0 Å². The molecule has 0 aromatic heterocycles. The fraction of sp³-hybridized carbons (Fsp3) is 0.214. The second kappa shape index (κ2) is 6.95. The number of aryl methyl sites for hydroxylation is 2. The summed E-state index contributed by atoms with van der Waals surface area (Å²) < 4.78 is 0. The summed E-state index contributed by atoms with van der Waals surface area (Å²) in [6, 6.07) is 7.46. The van der Waals surface area contributed by atoms with Crippen molar-refractivity contribution in [1.82, 2.24) is 5.32 Å². The van der Waals surface area contributed by atoms with E-state index in [1.165, 1.54) is 6.20 Å². The standard InChI is InChI=1S/C14H15N3O3/c1-9-3-10(2)5-12(4-9)16-7-11(6-15)14(20)17-8-13(18)19/h3-5,7,16H,8H2,1-2H3,(H,17,20)(H,18,19)/b11-7-. The molecule has 6 nitrogen and oxygen atoms in total. The Morgan fingerprint density at radius 2 is 1.90 bits per heavy atom. The van der Waals surface area contributed by atoms with Crippen LogP contribution in [-0.2, 0) is 9.59 Å². The number of benzene rings is 1. The van der Waals surface area contributed by atoms with Gasteiger partial charge in [-0.2, -0.15) is 5.26 Å². The summed E-state index contributed by atoms with van der Waals surface area (Å²) in [5.41, 5.74) is 2.66. The summed E-state index contributed by atoms with van der Waals surface area (Å²) in [4.78, 5) is 21.9. The van der Waals surface area contributed by atoms with Crippen LogP contribution in [0.1, 0.15) is 11.1 Å². The maximum absolute atomic E-state index is 11.5. The van der Waals surface area contributed by atoms with Crippen molar-refractivity contribution in [3.8, 4) is 6.07 Å². The van der Waals surface area contributed by atoms with Gasteiger partial charge in [0.15, 0.2) is 0 Å². The van der Waals surface area contributed by atoms with E-state index < -0.39 is 18.4 Å². The number of hydrogen-bond acceptors (Lipinski definition) is 4.